The monoisotopic (exact) mass is 347 g/mol. The van der Waals surface area contributed by atoms with Gasteiger partial charge in [0.15, 0.2) is 0 Å². The Morgan fingerprint density at radius 1 is 1.47 bits per heavy atom. The largest absolute Gasteiger partial charge is 0.480 e. The van der Waals surface area contributed by atoms with E-state index in [9.17, 15) is 14.0 Å². The summed E-state index contributed by atoms with van der Waals surface area (Å²) in [6.07, 6.45) is 0. The summed E-state index contributed by atoms with van der Waals surface area (Å²) in [5.41, 5.74) is 0.284. The number of nitrogens with zero attached hydrogens (tertiary/aromatic N) is 1. The molecule has 1 unspecified atom stereocenters. The molecule has 0 bridgehead atoms. The van der Waals surface area contributed by atoms with Gasteiger partial charge < -0.3 is 10.0 Å². The van der Waals surface area contributed by atoms with Crippen molar-refractivity contribution in [3.63, 3.8) is 0 Å². The van der Waals surface area contributed by atoms with E-state index < -0.39 is 17.8 Å². The fourth-order valence-electron chi connectivity index (χ4n) is 1.85. The second kappa shape index (κ2) is 5.92. The van der Waals surface area contributed by atoms with Crippen LogP contribution in [0.1, 0.15) is 10.4 Å². The molecule has 1 aliphatic heterocycles. The van der Waals surface area contributed by atoms with Gasteiger partial charge in [0, 0.05) is 23.6 Å². The smallest absolute Gasteiger partial charge is 0.327 e. The Labute approximate surface area is 122 Å². The van der Waals surface area contributed by atoms with Crippen LogP contribution in [0.5, 0.6) is 0 Å². The predicted octanol–water partition coefficient (Wildman–Crippen LogP) is 2.23. The minimum absolute atomic E-state index is 0.191. The van der Waals surface area contributed by atoms with E-state index >= 15 is 0 Å². The Hall–Kier alpha value is -1.08. The third kappa shape index (κ3) is 3.09. The van der Waals surface area contributed by atoms with Gasteiger partial charge in [-0.1, -0.05) is 0 Å². The summed E-state index contributed by atoms with van der Waals surface area (Å²) < 4.78 is 13.3. The van der Waals surface area contributed by atoms with E-state index in [0.29, 0.717) is 18.1 Å². The van der Waals surface area contributed by atoms with Crippen LogP contribution in [0, 0.1) is 5.82 Å². The summed E-state index contributed by atoms with van der Waals surface area (Å²) in [5, 5.41) is 9.13. The first-order valence-electron chi connectivity index (χ1n) is 5.57. The molecule has 1 aromatic rings. The molecule has 7 heteroatoms. The van der Waals surface area contributed by atoms with Crippen LogP contribution in [-0.2, 0) is 4.79 Å². The molecule has 4 nitrogen and oxygen atoms in total. The lowest BCUT2D eigenvalue weighted by molar-refractivity contribution is -0.141. The number of carboxylic acid groups (broad SMARTS) is 1. The molecular formula is C12H11BrFNO3S. The third-order valence-electron chi connectivity index (χ3n) is 2.84. The fourth-order valence-corrected chi connectivity index (χ4v) is 3.26. The van der Waals surface area contributed by atoms with Crippen molar-refractivity contribution >= 4 is 39.6 Å². The highest BCUT2D eigenvalue weighted by molar-refractivity contribution is 9.10. The SMILES string of the molecule is O=C(O)C1CSCCN1C(=O)c1ccc(F)c(Br)c1. The number of halogens is 2. The second-order valence-electron chi connectivity index (χ2n) is 4.06. The first kappa shape index (κ1) is 14.3. The van der Waals surface area contributed by atoms with Crippen molar-refractivity contribution in [1.29, 1.82) is 0 Å². The summed E-state index contributed by atoms with van der Waals surface area (Å²) in [5.74, 6) is -0.767. The van der Waals surface area contributed by atoms with Crippen LogP contribution in [0.25, 0.3) is 0 Å². The van der Waals surface area contributed by atoms with Gasteiger partial charge in [-0.25, -0.2) is 9.18 Å². The Bertz CT molecular complexity index is 526. The third-order valence-corrected chi connectivity index (χ3v) is 4.47. The quantitative estimate of drug-likeness (QED) is 0.891. The van der Waals surface area contributed by atoms with Gasteiger partial charge >= 0.3 is 5.97 Å². The van der Waals surface area contributed by atoms with Gasteiger partial charge in [-0.3, -0.25) is 4.79 Å². The molecule has 1 fully saturated rings. The van der Waals surface area contributed by atoms with E-state index in [4.69, 9.17) is 5.11 Å². The van der Waals surface area contributed by atoms with Gasteiger partial charge in [0.1, 0.15) is 11.9 Å². The number of thioether (sulfide) groups is 1. The number of carbonyl (C=O) groups excluding carboxylic acids is 1. The maximum Gasteiger partial charge on any atom is 0.327 e. The van der Waals surface area contributed by atoms with Crippen LogP contribution in [0.4, 0.5) is 4.39 Å². The molecule has 1 N–H and O–H groups in total. The molecule has 1 amide bonds. The van der Waals surface area contributed by atoms with Crippen molar-refractivity contribution in [2.24, 2.45) is 0 Å². The van der Waals surface area contributed by atoms with Gasteiger partial charge in [0.05, 0.1) is 4.47 Å². The number of amides is 1. The van der Waals surface area contributed by atoms with Crippen molar-refractivity contribution in [2.75, 3.05) is 18.1 Å². The molecule has 1 heterocycles. The average molecular weight is 348 g/mol. The van der Waals surface area contributed by atoms with E-state index in [1.165, 1.54) is 34.9 Å². The van der Waals surface area contributed by atoms with Crippen LogP contribution < -0.4 is 0 Å². The summed E-state index contributed by atoms with van der Waals surface area (Å²) >= 11 is 4.53. The molecular weight excluding hydrogens is 337 g/mol. The van der Waals surface area contributed by atoms with Crippen LogP contribution in [0.3, 0.4) is 0 Å². The van der Waals surface area contributed by atoms with Crippen LogP contribution in [0.15, 0.2) is 22.7 Å². The standard InChI is InChI=1S/C12H11BrFNO3S/c13-8-5-7(1-2-9(8)14)11(16)15-3-4-19-6-10(15)12(17)18/h1-2,5,10H,3-4,6H2,(H,17,18). The number of aliphatic carboxylic acids is 1. The molecule has 0 radical (unpaired) electrons. The van der Waals surface area contributed by atoms with Crippen molar-refractivity contribution in [2.45, 2.75) is 6.04 Å². The Morgan fingerprint density at radius 2 is 2.21 bits per heavy atom. The molecule has 1 aliphatic rings. The van der Waals surface area contributed by atoms with Crippen molar-refractivity contribution in [3.05, 3.63) is 34.1 Å². The number of hydrogen-bond donors (Lipinski definition) is 1. The van der Waals surface area contributed by atoms with Gasteiger partial charge in [-0.15, -0.1) is 0 Å². The number of carboxylic acids is 1. The van der Waals surface area contributed by atoms with Crippen molar-refractivity contribution in [3.8, 4) is 0 Å². The lowest BCUT2D eigenvalue weighted by Gasteiger charge is -2.32. The maximum atomic E-state index is 13.1. The second-order valence-corrected chi connectivity index (χ2v) is 6.06. The summed E-state index contributed by atoms with van der Waals surface area (Å²) in [4.78, 5) is 24.8. The predicted molar refractivity (Wildman–Crippen MR) is 73.9 cm³/mol. The molecule has 0 aliphatic carbocycles. The van der Waals surface area contributed by atoms with Crippen LogP contribution >= 0.6 is 27.7 Å². The Kier molecular flexibility index (Phi) is 4.46. The lowest BCUT2D eigenvalue weighted by atomic mass is 10.1. The van der Waals surface area contributed by atoms with E-state index in [-0.39, 0.29) is 15.9 Å². The summed E-state index contributed by atoms with van der Waals surface area (Å²) in [6.45, 7) is 0.384. The Morgan fingerprint density at radius 3 is 2.84 bits per heavy atom. The topological polar surface area (TPSA) is 57.6 Å². The first-order valence-corrected chi connectivity index (χ1v) is 7.52. The van der Waals surface area contributed by atoms with Gasteiger partial charge in [-0.05, 0) is 34.1 Å². The highest BCUT2D eigenvalue weighted by Gasteiger charge is 2.32. The number of hydrogen-bond acceptors (Lipinski definition) is 3. The highest BCUT2D eigenvalue weighted by atomic mass is 79.9. The molecule has 0 spiro atoms. The lowest BCUT2D eigenvalue weighted by Crippen LogP contribution is -2.50. The zero-order valence-corrected chi connectivity index (χ0v) is 12.2. The number of carbonyl (C=O) groups is 2. The molecule has 0 saturated carbocycles. The summed E-state index contributed by atoms with van der Waals surface area (Å²) in [6, 6.07) is 3.10. The average Bonchev–Trinajstić information content (AvgIpc) is 2.41. The van der Waals surface area contributed by atoms with E-state index in [1.807, 2.05) is 0 Å². The normalized spacial score (nSPS) is 19.3. The zero-order chi connectivity index (χ0) is 14.0. The molecule has 1 atom stereocenters. The minimum atomic E-state index is -1.01. The van der Waals surface area contributed by atoms with E-state index in [2.05, 4.69) is 15.9 Å². The molecule has 1 aromatic carbocycles. The molecule has 2 rings (SSSR count). The zero-order valence-electron chi connectivity index (χ0n) is 9.81. The number of benzene rings is 1. The molecule has 0 aromatic heterocycles. The van der Waals surface area contributed by atoms with Gasteiger partial charge in [0.2, 0.25) is 0 Å². The maximum absolute atomic E-state index is 13.1. The van der Waals surface area contributed by atoms with Crippen LogP contribution in [-0.4, -0.2) is 46.0 Å². The van der Waals surface area contributed by atoms with Gasteiger partial charge in [-0.2, -0.15) is 11.8 Å². The fraction of sp³-hybridized carbons (Fsp3) is 0.333. The molecule has 19 heavy (non-hydrogen) atoms. The van der Waals surface area contributed by atoms with Crippen molar-refractivity contribution < 1.29 is 19.1 Å². The minimum Gasteiger partial charge on any atom is -0.480 e. The summed E-state index contributed by atoms with van der Waals surface area (Å²) in [7, 11) is 0. The first-order chi connectivity index (χ1) is 9.00. The van der Waals surface area contributed by atoms with E-state index in [1.54, 1.807) is 0 Å². The molecule has 1 saturated heterocycles. The van der Waals surface area contributed by atoms with Crippen LogP contribution in [0.2, 0.25) is 0 Å². The van der Waals surface area contributed by atoms with E-state index in [0.717, 1.165) is 0 Å². The highest BCUT2D eigenvalue weighted by Crippen LogP contribution is 2.22. The Balaban J connectivity index is 2.26. The van der Waals surface area contributed by atoms with Gasteiger partial charge in [0.25, 0.3) is 5.91 Å². The number of rotatable bonds is 2. The van der Waals surface area contributed by atoms with Crippen molar-refractivity contribution in [1.82, 2.24) is 4.90 Å². The molecule has 102 valence electrons.